The van der Waals surface area contributed by atoms with E-state index in [-0.39, 0.29) is 5.91 Å². The molecule has 0 aliphatic rings. The number of thiophene rings is 1. The average Bonchev–Trinajstić information content (AvgIpc) is 3.29. The quantitative estimate of drug-likeness (QED) is 0.523. The summed E-state index contributed by atoms with van der Waals surface area (Å²) in [5.74, 6) is -0.0256. The summed E-state index contributed by atoms with van der Waals surface area (Å²) in [7, 11) is 0. The van der Waals surface area contributed by atoms with Crippen LogP contribution in [0.3, 0.4) is 0 Å². The minimum atomic E-state index is -0.0256. The first kappa shape index (κ1) is 17.5. The number of amides is 1. The Morgan fingerprint density at radius 2 is 1.89 bits per heavy atom. The van der Waals surface area contributed by atoms with Gasteiger partial charge in [0.25, 0.3) is 5.91 Å². The summed E-state index contributed by atoms with van der Waals surface area (Å²) in [6.07, 6.45) is 3.40. The van der Waals surface area contributed by atoms with E-state index in [2.05, 4.69) is 50.6 Å². The Labute approximate surface area is 162 Å². The van der Waals surface area contributed by atoms with Crippen molar-refractivity contribution in [3.8, 4) is 0 Å². The number of hydrogen-bond acceptors (Lipinski definition) is 3. The van der Waals surface area contributed by atoms with Crippen LogP contribution in [0, 0.1) is 0 Å². The number of aryl methyl sites for hydroxylation is 2. The summed E-state index contributed by atoms with van der Waals surface area (Å²) < 4.78 is 3.28. The van der Waals surface area contributed by atoms with E-state index in [1.54, 1.807) is 17.5 Å². The fourth-order valence-electron chi connectivity index (χ4n) is 3.23. The maximum atomic E-state index is 12.8. The third-order valence-corrected chi connectivity index (χ3v) is 5.47. The lowest BCUT2D eigenvalue weighted by molar-refractivity contribution is 0.0945. The normalized spacial score (nSPS) is 11.0. The minimum absolute atomic E-state index is 0.0256. The third kappa shape index (κ3) is 4.09. The number of pyridine rings is 1. The van der Waals surface area contributed by atoms with E-state index in [1.807, 2.05) is 30.3 Å². The Morgan fingerprint density at radius 1 is 1.04 bits per heavy atom. The van der Waals surface area contributed by atoms with Crippen LogP contribution in [0.4, 0.5) is 0 Å². The number of nitrogens with zero attached hydrogens (tertiary/aromatic N) is 2. The summed E-state index contributed by atoms with van der Waals surface area (Å²) >= 11 is 1.67. The smallest absolute Gasteiger partial charge is 0.267 e. The van der Waals surface area contributed by atoms with E-state index in [4.69, 9.17) is 0 Å². The van der Waals surface area contributed by atoms with Crippen LogP contribution in [0.5, 0.6) is 0 Å². The van der Waals surface area contributed by atoms with E-state index in [9.17, 15) is 4.79 Å². The van der Waals surface area contributed by atoms with Crippen molar-refractivity contribution >= 4 is 27.5 Å². The molecule has 1 aromatic carbocycles. The van der Waals surface area contributed by atoms with Gasteiger partial charge < -0.3 is 9.88 Å². The van der Waals surface area contributed by atoms with Crippen molar-refractivity contribution in [2.75, 3.05) is 6.54 Å². The van der Waals surface area contributed by atoms with Crippen molar-refractivity contribution in [1.29, 1.82) is 0 Å². The number of fused-ring (bicyclic) bond motifs is 1. The predicted molar refractivity (Wildman–Crippen MR) is 110 cm³/mol. The second-order valence-electron chi connectivity index (χ2n) is 6.41. The van der Waals surface area contributed by atoms with Crippen molar-refractivity contribution in [3.63, 3.8) is 0 Å². The Balaban J connectivity index is 1.47. The highest BCUT2D eigenvalue weighted by Gasteiger charge is 2.16. The Kier molecular flexibility index (Phi) is 5.30. The van der Waals surface area contributed by atoms with E-state index in [1.165, 1.54) is 5.56 Å². The summed E-state index contributed by atoms with van der Waals surface area (Å²) in [5, 5.41) is 5.12. The molecule has 0 unspecified atom stereocenters. The number of hydrogen-bond donors (Lipinski definition) is 1. The highest BCUT2D eigenvalue weighted by molar-refractivity contribution is 7.17. The zero-order valence-corrected chi connectivity index (χ0v) is 15.8. The molecule has 0 aliphatic carbocycles. The molecule has 0 atom stereocenters. The molecular weight excluding hydrogens is 354 g/mol. The fourth-order valence-corrected chi connectivity index (χ4v) is 4.05. The number of aromatic nitrogens is 2. The van der Waals surface area contributed by atoms with Crippen LogP contribution in [-0.4, -0.2) is 22.0 Å². The number of benzene rings is 1. The van der Waals surface area contributed by atoms with Gasteiger partial charge in [0, 0.05) is 31.4 Å². The van der Waals surface area contributed by atoms with Gasteiger partial charge in [-0.15, -0.1) is 11.3 Å². The van der Waals surface area contributed by atoms with Gasteiger partial charge in [0.15, 0.2) is 0 Å². The molecule has 136 valence electrons. The van der Waals surface area contributed by atoms with Gasteiger partial charge in [0.05, 0.1) is 10.2 Å². The van der Waals surface area contributed by atoms with Gasteiger partial charge in [0.2, 0.25) is 0 Å². The molecule has 0 fully saturated rings. The lowest BCUT2D eigenvalue weighted by Gasteiger charge is -2.11. The molecule has 0 saturated carbocycles. The van der Waals surface area contributed by atoms with Crippen LogP contribution in [0.25, 0.3) is 10.2 Å². The van der Waals surface area contributed by atoms with Crippen molar-refractivity contribution in [1.82, 2.24) is 14.9 Å². The molecule has 1 N–H and O–H groups in total. The molecule has 0 radical (unpaired) electrons. The first-order chi connectivity index (χ1) is 13.3. The van der Waals surface area contributed by atoms with Gasteiger partial charge in [-0.3, -0.25) is 9.78 Å². The van der Waals surface area contributed by atoms with Gasteiger partial charge >= 0.3 is 0 Å². The first-order valence-electron chi connectivity index (χ1n) is 9.10. The van der Waals surface area contributed by atoms with Crippen molar-refractivity contribution in [2.24, 2.45) is 0 Å². The van der Waals surface area contributed by atoms with Crippen LogP contribution >= 0.6 is 11.3 Å². The number of rotatable bonds is 7. The van der Waals surface area contributed by atoms with Crippen LogP contribution in [-0.2, 0) is 19.4 Å². The van der Waals surface area contributed by atoms with E-state index in [0.29, 0.717) is 6.54 Å². The molecule has 3 heterocycles. The zero-order valence-electron chi connectivity index (χ0n) is 15.0. The molecule has 1 amide bonds. The van der Waals surface area contributed by atoms with E-state index >= 15 is 0 Å². The van der Waals surface area contributed by atoms with Crippen molar-refractivity contribution < 1.29 is 4.79 Å². The molecule has 4 rings (SSSR count). The second-order valence-corrected chi connectivity index (χ2v) is 7.36. The molecule has 4 aromatic rings. The average molecular weight is 375 g/mol. The van der Waals surface area contributed by atoms with Crippen LogP contribution in [0.15, 0.2) is 72.2 Å². The maximum Gasteiger partial charge on any atom is 0.267 e. The summed E-state index contributed by atoms with van der Waals surface area (Å²) in [6.45, 7) is 1.36. The minimum Gasteiger partial charge on any atom is -0.350 e. The lowest BCUT2D eigenvalue weighted by Crippen LogP contribution is -2.28. The molecule has 3 aromatic heterocycles. The van der Waals surface area contributed by atoms with E-state index in [0.717, 1.165) is 41.0 Å². The molecule has 0 spiro atoms. The molecule has 0 bridgehead atoms. The van der Waals surface area contributed by atoms with E-state index < -0.39 is 0 Å². The van der Waals surface area contributed by atoms with Gasteiger partial charge in [-0.05, 0) is 41.6 Å². The maximum absolute atomic E-state index is 12.8. The Morgan fingerprint density at radius 3 is 2.70 bits per heavy atom. The third-order valence-electron chi connectivity index (χ3n) is 4.62. The summed E-state index contributed by atoms with van der Waals surface area (Å²) in [5.41, 5.74) is 4.12. The molecule has 5 heteroatoms. The highest BCUT2D eigenvalue weighted by atomic mass is 32.1. The van der Waals surface area contributed by atoms with Crippen LogP contribution in [0.2, 0.25) is 0 Å². The summed E-state index contributed by atoms with van der Waals surface area (Å²) in [6, 6.07) is 20.3. The molecule has 0 aliphatic heterocycles. The summed E-state index contributed by atoms with van der Waals surface area (Å²) in [4.78, 5) is 17.1. The van der Waals surface area contributed by atoms with Crippen LogP contribution in [0.1, 0.15) is 21.7 Å². The topological polar surface area (TPSA) is 46.9 Å². The van der Waals surface area contributed by atoms with Gasteiger partial charge in [-0.1, -0.05) is 36.4 Å². The number of nitrogens with one attached hydrogen (secondary N) is 1. The molecule has 4 nitrogen and oxygen atoms in total. The lowest BCUT2D eigenvalue weighted by atomic mass is 10.1. The van der Waals surface area contributed by atoms with Gasteiger partial charge in [-0.25, -0.2) is 0 Å². The highest BCUT2D eigenvalue weighted by Crippen LogP contribution is 2.25. The first-order valence-corrected chi connectivity index (χ1v) is 9.98. The molecule has 27 heavy (non-hydrogen) atoms. The van der Waals surface area contributed by atoms with Crippen molar-refractivity contribution in [2.45, 2.75) is 19.4 Å². The molecule has 0 saturated heterocycles. The monoisotopic (exact) mass is 375 g/mol. The number of carbonyl (C=O) groups excluding carboxylic acids is 1. The largest absolute Gasteiger partial charge is 0.350 e. The van der Waals surface area contributed by atoms with Crippen LogP contribution < -0.4 is 5.32 Å². The Hall–Kier alpha value is -2.92. The Bertz CT molecular complexity index is 1020. The van der Waals surface area contributed by atoms with Gasteiger partial charge in [0.1, 0.15) is 5.69 Å². The van der Waals surface area contributed by atoms with Crippen molar-refractivity contribution in [3.05, 3.63) is 89.2 Å². The van der Waals surface area contributed by atoms with Gasteiger partial charge in [-0.2, -0.15) is 0 Å². The fraction of sp³-hybridized carbons (Fsp3) is 0.182. The number of carbonyl (C=O) groups is 1. The zero-order chi connectivity index (χ0) is 18.5. The predicted octanol–water partition coefficient (Wildman–Crippen LogP) is 4.31. The second kappa shape index (κ2) is 8.18. The molecular formula is C22H21N3OS. The SMILES string of the molecule is O=C(NCCc1ccccn1)c1cc2sccc2n1CCc1ccccc1. The standard InChI is InChI=1S/C22H21N3OS/c26-22(24-13-9-18-8-4-5-12-23-18)20-16-21-19(11-15-27-21)25(20)14-10-17-6-2-1-3-7-17/h1-8,11-12,15-16H,9-10,13-14H2,(H,24,26).